The van der Waals surface area contributed by atoms with E-state index in [2.05, 4.69) is 12.1 Å². The maximum absolute atomic E-state index is 6.21. The fourth-order valence-corrected chi connectivity index (χ4v) is 3.30. The van der Waals surface area contributed by atoms with Crippen LogP contribution in [0.3, 0.4) is 0 Å². The molecule has 1 saturated heterocycles. The summed E-state index contributed by atoms with van der Waals surface area (Å²) in [5.41, 5.74) is 1.27. The lowest BCUT2D eigenvalue weighted by molar-refractivity contribution is -0.182. The number of halogens is 1. The van der Waals surface area contributed by atoms with Gasteiger partial charge in [0.1, 0.15) is 0 Å². The van der Waals surface area contributed by atoms with Crippen LogP contribution in [0.4, 0.5) is 0 Å². The van der Waals surface area contributed by atoms with Crippen molar-refractivity contribution in [3.63, 3.8) is 0 Å². The summed E-state index contributed by atoms with van der Waals surface area (Å²) in [6.07, 6.45) is 5.48. The van der Waals surface area contributed by atoms with Crippen LogP contribution in [0.5, 0.6) is 0 Å². The first-order chi connectivity index (χ1) is 8.77. The van der Waals surface area contributed by atoms with E-state index in [4.69, 9.17) is 21.1 Å². The standard InChI is InChI=1S/C15H19ClO2/c16-14-4-2-1-3-13(14)11-12-5-7-15(8-6-12)17-9-10-18-15/h1-4,12H,5-11H2. The fraction of sp³-hybridized carbons (Fsp3) is 0.600. The molecule has 3 rings (SSSR count). The number of hydrogen-bond acceptors (Lipinski definition) is 2. The predicted octanol–water partition coefficient (Wildman–Crippen LogP) is 3.82. The van der Waals surface area contributed by atoms with Crippen LogP contribution in [-0.2, 0) is 15.9 Å². The summed E-state index contributed by atoms with van der Waals surface area (Å²) in [4.78, 5) is 0. The highest BCUT2D eigenvalue weighted by atomic mass is 35.5. The highest BCUT2D eigenvalue weighted by Crippen LogP contribution is 2.39. The number of benzene rings is 1. The van der Waals surface area contributed by atoms with Crippen LogP contribution < -0.4 is 0 Å². The van der Waals surface area contributed by atoms with Crippen LogP contribution in [0.25, 0.3) is 0 Å². The zero-order valence-electron chi connectivity index (χ0n) is 10.5. The normalized spacial score (nSPS) is 23.6. The minimum absolute atomic E-state index is 0.239. The number of rotatable bonds is 2. The quantitative estimate of drug-likeness (QED) is 0.810. The second-order valence-corrected chi connectivity index (χ2v) is 5.75. The van der Waals surface area contributed by atoms with E-state index in [1.54, 1.807) is 0 Å². The lowest BCUT2D eigenvalue weighted by Crippen LogP contribution is -2.35. The summed E-state index contributed by atoms with van der Waals surface area (Å²) in [6, 6.07) is 8.16. The molecular formula is C15H19ClO2. The summed E-state index contributed by atoms with van der Waals surface area (Å²) < 4.78 is 11.5. The van der Waals surface area contributed by atoms with Gasteiger partial charge in [0.15, 0.2) is 5.79 Å². The third-order valence-electron chi connectivity index (χ3n) is 4.15. The van der Waals surface area contributed by atoms with Crippen molar-refractivity contribution in [3.05, 3.63) is 34.9 Å². The monoisotopic (exact) mass is 266 g/mol. The van der Waals surface area contributed by atoms with Gasteiger partial charge < -0.3 is 9.47 Å². The predicted molar refractivity (Wildman–Crippen MR) is 71.7 cm³/mol. The lowest BCUT2D eigenvalue weighted by atomic mass is 9.81. The van der Waals surface area contributed by atoms with Crippen LogP contribution in [0.1, 0.15) is 31.2 Å². The van der Waals surface area contributed by atoms with Crippen molar-refractivity contribution in [1.29, 1.82) is 0 Å². The highest BCUT2D eigenvalue weighted by molar-refractivity contribution is 6.31. The summed E-state index contributed by atoms with van der Waals surface area (Å²) in [6.45, 7) is 1.52. The van der Waals surface area contributed by atoms with E-state index >= 15 is 0 Å². The first kappa shape index (κ1) is 12.5. The molecule has 1 aromatic carbocycles. The third-order valence-corrected chi connectivity index (χ3v) is 4.52. The molecule has 0 atom stereocenters. The Kier molecular flexibility index (Phi) is 3.60. The maximum Gasteiger partial charge on any atom is 0.168 e. The van der Waals surface area contributed by atoms with E-state index in [-0.39, 0.29) is 5.79 Å². The van der Waals surface area contributed by atoms with E-state index in [0.717, 1.165) is 37.5 Å². The molecule has 18 heavy (non-hydrogen) atoms. The Hall–Kier alpha value is -0.570. The largest absolute Gasteiger partial charge is 0.348 e. The molecule has 98 valence electrons. The average Bonchev–Trinajstić information content (AvgIpc) is 2.84. The molecule has 0 N–H and O–H groups in total. The van der Waals surface area contributed by atoms with Gasteiger partial charge >= 0.3 is 0 Å². The van der Waals surface area contributed by atoms with Crippen molar-refractivity contribution in [2.75, 3.05) is 13.2 Å². The molecule has 1 aromatic rings. The van der Waals surface area contributed by atoms with Gasteiger partial charge in [0.05, 0.1) is 13.2 Å². The Morgan fingerprint density at radius 1 is 1.11 bits per heavy atom. The molecule has 0 bridgehead atoms. The second kappa shape index (κ2) is 5.20. The molecule has 1 aliphatic heterocycles. The molecule has 1 heterocycles. The number of hydrogen-bond donors (Lipinski definition) is 0. The van der Waals surface area contributed by atoms with Gasteiger partial charge in [0.2, 0.25) is 0 Å². The molecule has 1 spiro atoms. The van der Waals surface area contributed by atoms with Crippen LogP contribution in [0.15, 0.2) is 24.3 Å². The van der Waals surface area contributed by atoms with Crippen molar-refractivity contribution in [2.45, 2.75) is 37.9 Å². The van der Waals surface area contributed by atoms with E-state index in [1.165, 1.54) is 18.4 Å². The zero-order valence-corrected chi connectivity index (χ0v) is 11.3. The molecule has 2 fully saturated rings. The van der Waals surface area contributed by atoms with Crippen molar-refractivity contribution in [3.8, 4) is 0 Å². The molecule has 2 aliphatic rings. The first-order valence-electron chi connectivity index (χ1n) is 6.79. The summed E-state index contributed by atoms with van der Waals surface area (Å²) in [5, 5.41) is 0.895. The Morgan fingerprint density at radius 3 is 2.44 bits per heavy atom. The molecule has 0 amide bonds. The Morgan fingerprint density at radius 2 is 1.78 bits per heavy atom. The third kappa shape index (κ3) is 2.56. The number of ether oxygens (including phenoxy) is 2. The zero-order chi connectivity index (χ0) is 12.4. The lowest BCUT2D eigenvalue weighted by Gasteiger charge is -2.35. The minimum atomic E-state index is -0.239. The van der Waals surface area contributed by atoms with Crippen LogP contribution in [0.2, 0.25) is 5.02 Å². The molecule has 0 radical (unpaired) electrons. The first-order valence-corrected chi connectivity index (χ1v) is 7.17. The average molecular weight is 267 g/mol. The Balaban J connectivity index is 1.59. The van der Waals surface area contributed by atoms with Gasteiger partial charge in [-0.25, -0.2) is 0 Å². The van der Waals surface area contributed by atoms with Gasteiger partial charge in [0.25, 0.3) is 0 Å². The van der Waals surface area contributed by atoms with Crippen molar-refractivity contribution in [2.24, 2.45) is 5.92 Å². The van der Waals surface area contributed by atoms with Gasteiger partial charge in [-0.1, -0.05) is 29.8 Å². The molecular weight excluding hydrogens is 248 g/mol. The van der Waals surface area contributed by atoms with Gasteiger partial charge in [0, 0.05) is 17.9 Å². The SMILES string of the molecule is Clc1ccccc1CC1CCC2(CC1)OCCO2. The summed E-state index contributed by atoms with van der Waals surface area (Å²) in [7, 11) is 0. The summed E-state index contributed by atoms with van der Waals surface area (Å²) >= 11 is 6.21. The van der Waals surface area contributed by atoms with Gasteiger partial charge in [-0.3, -0.25) is 0 Å². The summed E-state index contributed by atoms with van der Waals surface area (Å²) in [5.74, 6) is 0.472. The topological polar surface area (TPSA) is 18.5 Å². The smallest absolute Gasteiger partial charge is 0.168 e. The van der Waals surface area contributed by atoms with Crippen LogP contribution >= 0.6 is 11.6 Å². The molecule has 0 aromatic heterocycles. The van der Waals surface area contributed by atoms with E-state index in [9.17, 15) is 0 Å². The van der Waals surface area contributed by atoms with Gasteiger partial charge in [-0.15, -0.1) is 0 Å². The fourth-order valence-electron chi connectivity index (χ4n) is 3.08. The van der Waals surface area contributed by atoms with E-state index in [1.807, 2.05) is 12.1 Å². The van der Waals surface area contributed by atoms with Crippen molar-refractivity contribution < 1.29 is 9.47 Å². The van der Waals surface area contributed by atoms with E-state index < -0.39 is 0 Å². The Bertz CT molecular complexity index is 403. The van der Waals surface area contributed by atoms with Gasteiger partial charge in [-0.2, -0.15) is 0 Å². The van der Waals surface area contributed by atoms with Crippen molar-refractivity contribution in [1.82, 2.24) is 0 Å². The highest BCUT2D eigenvalue weighted by Gasteiger charge is 2.40. The van der Waals surface area contributed by atoms with E-state index in [0.29, 0.717) is 5.92 Å². The van der Waals surface area contributed by atoms with Crippen molar-refractivity contribution >= 4 is 11.6 Å². The molecule has 1 aliphatic carbocycles. The molecule has 1 saturated carbocycles. The minimum Gasteiger partial charge on any atom is -0.348 e. The molecule has 2 nitrogen and oxygen atoms in total. The Labute approximate surface area is 113 Å². The molecule has 3 heteroatoms. The molecule has 0 unspecified atom stereocenters. The maximum atomic E-state index is 6.21. The second-order valence-electron chi connectivity index (χ2n) is 5.35. The van der Waals surface area contributed by atoms with Gasteiger partial charge in [-0.05, 0) is 36.8 Å². The van der Waals surface area contributed by atoms with Crippen LogP contribution in [0, 0.1) is 5.92 Å². The van der Waals surface area contributed by atoms with Crippen LogP contribution in [-0.4, -0.2) is 19.0 Å².